The molecule has 0 aliphatic carbocycles. The first kappa shape index (κ1) is 11.7. The topological polar surface area (TPSA) is 37.4 Å². The maximum Gasteiger partial charge on any atom is 0.185 e. The molecule has 1 aromatic rings. The summed E-state index contributed by atoms with van der Waals surface area (Å²) in [6.45, 7) is 10.0. The number of thiazole rings is 1. The zero-order valence-electron chi connectivity index (χ0n) is 10.1. The van der Waals surface area contributed by atoms with Crippen LogP contribution in [0.25, 0.3) is 0 Å². The van der Waals surface area contributed by atoms with Gasteiger partial charge >= 0.3 is 0 Å². The molecule has 0 saturated carbocycles. The lowest BCUT2D eigenvalue weighted by Crippen LogP contribution is -2.35. The molecular weight excluding hydrogens is 222 g/mol. The molecular formula is C11H19N3OS. The highest BCUT2D eigenvalue weighted by Gasteiger charge is 2.16. The van der Waals surface area contributed by atoms with E-state index in [2.05, 4.69) is 36.0 Å². The molecule has 5 heteroatoms. The summed E-state index contributed by atoms with van der Waals surface area (Å²) in [5.74, 6) is 0. The molecule has 16 heavy (non-hydrogen) atoms. The van der Waals surface area contributed by atoms with Crippen LogP contribution >= 0.6 is 11.3 Å². The van der Waals surface area contributed by atoms with Crippen LogP contribution in [-0.4, -0.2) is 36.8 Å². The van der Waals surface area contributed by atoms with Crippen molar-refractivity contribution < 1.29 is 4.74 Å². The van der Waals surface area contributed by atoms with Gasteiger partial charge < -0.3 is 15.0 Å². The maximum absolute atomic E-state index is 5.34. The minimum absolute atomic E-state index is 0.0696. The Hall–Kier alpha value is -0.810. The number of rotatable bonds is 2. The highest BCUT2D eigenvalue weighted by Crippen LogP contribution is 2.29. The van der Waals surface area contributed by atoms with Gasteiger partial charge in [0.15, 0.2) is 5.13 Å². The quantitative estimate of drug-likeness (QED) is 0.861. The summed E-state index contributed by atoms with van der Waals surface area (Å²) < 4.78 is 5.34. The van der Waals surface area contributed by atoms with Crippen molar-refractivity contribution in [1.82, 2.24) is 4.98 Å². The van der Waals surface area contributed by atoms with E-state index in [9.17, 15) is 0 Å². The van der Waals surface area contributed by atoms with Gasteiger partial charge in [-0.2, -0.15) is 0 Å². The number of hydrogen-bond donors (Lipinski definition) is 1. The molecule has 0 amide bonds. The Bertz CT molecular complexity index is 339. The normalized spacial score (nSPS) is 17.6. The van der Waals surface area contributed by atoms with Crippen LogP contribution in [-0.2, 0) is 4.74 Å². The smallest absolute Gasteiger partial charge is 0.185 e. The van der Waals surface area contributed by atoms with Crippen molar-refractivity contribution in [3.8, 4) is 0 Å². The van der Waals surface area contributed by atoms with Gasteiger partial charge in [-0.05, 0) is 20.8 Å². The zero-order chi connectivity index (χ0) is 11.6. The van der Waals surface area contributed by atoms with Gasteiger partial charge in [0, 0.05) is 18.6 Å². The van der Waals surface area contributed by atoms with Gasteiger partial charge in [0.25, 0.3) is 0 Å². The van der Waals surface area contributed by atoms with E-state index in [1.54, 1.807) is 11.3 Å². The molecule has 2 heterocycles. The first-order chi connectivity index (χ1) is 7.54. The molecule has 2 rings (SSSR count). The Kier molecular flexibility index (Phi) is 3.35. The van der Waals surface area contributed by atoms with Crippen LogP contribution in [0.5, 0.6) is 0 Å². The number of nitrogens with one attached hydrogen (secondary N) is 1. The molecule has 1 N–H and O–H groups in total. The number of hydrogen-bond acceptors (Lipinski definition) is 5. The van der Waals surface area contributed by atoms with Gasteiger partial charge in [-0.25, -0.2) is 4.98 Å². The van der Waals surface area contributed by atoms with E-state index < -0.39 is 0 Å². The summed E-state index contributed by atoms with van der Waals surface area (Å²) in [5, 5.41) is 5.62. The highest BCUT2D eigenvalue weighted by atomic mass is 32.1. The highest BCUT2D eigenvalue weighted by molar-refractivity contribution is 7.19. The van der Waals surface area contributed by atoms with Gasteiger partial charge in [-0.1, -0.05) is 11.3 Å². The van der Waals surface area contributed by atoms with Crippen molar-refractivity contribution in [2.24, 2.45) is 0 Å². The number of anilines is 2. The third-order valence-corrected chi connectivity index (χ3v) is 3.27. The van der Waals surface area contributed by atoms with Gasteiger partial charge in [0.2, 0.25) is 0 Å². The zero-order valence-corrected chi connectivity index (χ0v) is 10.9. The molecule has 1 fully saturated rings. The van der Waals surface area contributed by atoms with E-state index in [0.29, 0.717) is 0 Å². The lowest BCUT2D eigenvalue weighted by molar-refractivity contribution is 0.123. The van der Waals surface area contributed by atoms with Gasteiger partial charge in [-0.15, -0.1) is 0 Å². The number of ether oxygens (including phenoxy) is 1. The molecule has 0 atom stereocenters. The number of aromatic nitrogens is 1. The fraction of sp³-hybridized carbons (Fsp3) is 0.727. The summed E-state index contributed by atoms with van der Waals surface area (Å²) in [6.07, 6.45) is 1.95. The van der Waals surface area contributed by atoms with E-state index in [-0.39, 0.29) is 5.54 Å². The Labute approximate surface area is 101 Å². The molecule has 1 saturated heterocycles. The van der Waals surface area contributed by atoms with Crippen LogP contribution < -0.4 is 10.2 Å². The predicted molar refractivity (Wildman–Crippen MR) is 68.5 cm³/mol. The Balaban J connectivity index is 2.01. The average Bonchev–Trinajstić information content (AvgIpc) is 2.65. The molecule has 0 unspecified atom stereocenters. The second kappa shape index (κ2) is 4.59. The van der Waals surface area contributed by atoms with Gasteiger partial charge in [0.1, 0.15) is 5.00 Å². The van der Waals surface area contributed by atoms with E-state index in [1.807, 2.05) is 6.20 Å². The Morgan fingerprint density at radius 1 is 1.38 bits per heavy atom. The summed E-state index contributed by atoms with van der Waals surface area (Å²) in [5.41, 5.74) is 0.0696. The van der Waals surface area contributed by atoms with Crippen molar-refractivity contribution in [1.29, 1.82) is 0 Å². The minimum atomic E-state index is 0.0696. The summed E-state index contributed by atoms with van der Waals surface area (Å²) >= 11 is 1.71. The van der Waals surface area contributed by atoms with Crippen molar-refractivity contribution in [3.05, 3.63) is 6.20 Å². The molecule has 0 radical (unpaired) electrons. The molecule has 90 valence electrons. The van der Waals surface area contributed by atoms with Crippen LogP contribution in [0.15, 0.2) is 6.20 Å². The van der Waals surface area contributed by atoms with Gasteiger partial charge in [-0.3, -0.25) is 0 Å². The van der Waals surface area contributed by atoms with Crippen LogP contribution in [0.4, 0.5) is 10.1 Å². The van der Waals surface area contributed by atoms with Crippen LogP contribution in [0.2, 0.25) is 0 Å². The molecule has 1 aliphatic heterocycles. The fourth-order valence-corrected chi connectivity index (χ4v) is 2.65. The summed E-state index contributed by atoms with van der Waals surface area (Å²) in [7, 11) is 0. The summed E-state index contributed by atoms with van der Waals surface area (Å²) in [6, 6.07) is 0. The minimum Gasteiger partial charge on any atom is -0.378 e. The Morgan fingerprint density at radius 3 is 2.69 bits per heavy atom. The second-order valence-electron chi connectivity index (χ2n) is 4.98. The number of morpholine rings is 1. The average molecular weight is 241 g/mol. The SMILES string of the molecule is CC(C)(C)Nc1ncc(N2CCOCC2)s1. The fourth-order valence-electron chi connectivity index (χ4n) is 1.57. The van der Waals surface area contributed by atoms with Crippen molar-refractivity contribution in [2.75, 3.05) is 36.5 Å². The molecule has 0 aromatic carbocycles. The van der Waals surface area contributed by atoms with Crippen LogP contribution in [0.1, 0.15) is 20.8 Å². The number of nitrogens with zero attached hydrogens (tertiary/aromatic N) is 2. The van der Waals surface area contributed by atoms with Crippen LogP contribution in [0, 0.1) is 0 Å². The van der Waals surface area contributed by atoms with E-state index in [1.165, 1.54) is 5.00 Å². The standard InChI is InChI=1S/C11H19N3OS/c1-11(2,3)13-10-12-8-9(16-10)14-4-6-15-7-5-14/h8H,4-7H2,1-3H3,(H,12,13). The van der Waals surface area contributed by atoms with Crippen molar-refractivity contribution in [2.45, 2.75) is 26.3 Å². The first-order valence-corrected chi connectivity index (χ1v) is 6.43. The molecule has 4 nitrogen and oxygen atoms in total. The third kappa shape index (κ3) is 3.09. The van der Waals surface area contributed by atoms with Gasteiger partial charge in [0.05, 0.1) is 19.4 Å². The molecule has 0 spiro atoms. The second-order valence-corrected chi connectivity index (χ2v) is 5.99. The van der Waals surface area contributed by atoms with Crippen LogP contribution in [0.3, 0.4) is 0 Å². The van der Waals surface area contributed by atoms with E-state index in [0.717, 1.165) is 31.4 Å². The molecule has 1 aliphatic rings. The molecule has 1 aromatic heterocycles. The third-order valence-electron chi connectivity index (χ3n) is 2.30. The monoisotopic (exact) mass is 241 g/mol. The Morgan fingerprint density at radius 2 is 2.06 bits per heavy atom. The summed E-state index contributed by atoms with van der Waals surface area (Å²) in [4.78, 5) is 6.73. The maximum atomic E-state index is 5.34. The van der Waals surface area contributed by atoms with E-state index >= 15 is 0 Å². The predicted octanol–water partition coefficient (Wildman–Crippen LogP) is 2.19. The lowest BCUT2D eigenvalue weighted by Gasteiger charge is -2.26. The van der Waals surface area contributed by atoms with Crippen molar-refractivity contribution in [3.63, 3.8) is 0 Å². The lowest BCUT2D eigenvalue weighted by atomic mass is 10.1. The van der Waals surface area contributed by atoms with Crippen molar-refractivity contribution >= 4 is 21.5 Å². The molecule has 0 bridgehead atoms. The largest absolute Gasteiger partial charge is 0.378 e. The van der Waals surface area contributed by atoms with E-state index in [4.69, 9.17) is 4.74 Å². The first-order valence-electron chi connectivity index (χ1n) is 5.61.